The summed E-state index contributed by atoms with van der Waals surface area (Å²) in [5.74, 6) is 0.722. The van der Waals surface area contributed by atoms with E-state index in [1.807, 2.05) is 0 Å². The van der Waals surface area contributed by atoms with Crippen LogP contribution in [0.1, 0.15) is 70.1 Å². The Balaban J connectivity index is 1.94. The van der Waals surface area contributed by atoms with Gasteiger partial charge in [0, 0.05) is 11.9 Å². The minimum Gasteiger partial charge on any atom is -0.216 e. The Hall–Kier alpha value is -1.45. The van der Waals surface area contributed by atoms with Crippen LogP contribution < -0.4 is 0 Å². The van der Waals surface area contributed by atoms with Crippen molar-refractivity contribution in [2.45, 2.75) is 71.6 Å². The molecule has 2 heterocycles. The van der Waals surface area contributed by atoms with Gasteiger partial charge in [0.15, 0.2) is 0 Å². The summed E-state index contributed by atoms with van der Waals surface area (Å²) >= 11 is 0. The normalized spacial score (nSPS) is 11.3. The standard InChI is InChI=1S/C16H26N4/c1-3-5-6-7-8-9-11-14-12-20-16(17-13-18-20)19-15(14)10-4-2/h12-13H,3-11H2,1-2H3. The van der Waals surface area contributed by atoms with Gasteiger partial charge in [0.1, 0.15) is 6.33 Å². The van der Waals surface area contributed by atoms with Crippen LogP contribution in [-0.2, 0) is 12.8 Å². The van der Waals surface area contributed by atoms with Crippen molar-refractivity contribution in [2.75, 3.05) is 0 Å². The molecule has 0 aromatic carbocycles. The van der Waals surface area contributed by atoms with Crippen molar-refractivity contribution in [3.63, 3.8) is 0 Å². The molecule has 0 spiro atoms. The highest BCUT2D eigenvalue weighted by molar-refractivity contribution is 5.31. The molecule has 0 fully saturated rings. The van der Waals surface area contributed by atoms with Gasteiger partial charge in [-0.15, -0.1) is 0 Å². The van der Waals surface area contributed by atoms with Crippen LogP contribution in [0, 0.1) is 0 Å². The van der Waals surface area contributed by atoms with Crippen LogP contribution in [0.4, 0.5) is 0 Å². The minimum absolute atomic E-state index is 0.722. The largest absolute Gasteiger partial charge is 0.252 e. The van der Waals surface area contributed by atoms with E-state index in [2.05, 4.69) is 35.1 Å². The van der Waals surface area contributed by atoms with Crippen molar-refractivity contribution in [2.24, 2.45) is 0 Å². The predicted octanol–water partition coefficient (Wildman–Crippen LogP) is 3.98. The second-order valence-corrected chi connectivity index (χ2v) is 5.49. The molecule has 0 saturated carbocycles. The zero-order valence-corrected chi connectivity index (χ0v) is 12.8. The molecule has 0 aliphatic rings. The quantitative estimate of drug-likeness (QED) is 0.650. The lowest BCUT2D eigenvalue weighted by Crippen LogP contribution is -2.03. The third-order valence-corrected chi connectivity index (χ3v) is 3.72. The summed E-state index contributed by atoms with van der Waals surface area (Å²) in [6.07, 6.45) is 15.0. The molecular formula is C16H26N4. The van der Waals surface area contributed by atoms with Crippen LogP contribution in [0.2, 0.25) is 0 Å². The average molecular weight is 274 g/mol. The molecule has 2 aromatic rings. The number of rotatable bonds is 9. The molecule has 2 aromatic heterocycles. The van der Waals surface area contributed by atoms with E-state index >= 15 is 0 Å². The number of hydrogen-bond acceptors (Lipinski definition) is 3. The maximum Gasteiger partial charge on any atom is 0.252 e. The number of fused-ring (bicyclic) bond motifs is 1. The topological polar surface area (TPSA) is 43.1 Å². The first kappa shape index (κ1) is 14.9. The molecule has 4 heteroatoms. The van der Waals surface area contributed by atoms with E-state index in [4.69, 9.17) is 0 Å². The van der Waals surface area contributed by atoms with E-state index in [9.17, 15) is 0 Å². The second kappa shape index (κ2) is 7.98. The molecular weight excluding hydrogens is 248 g/mol. The van der Waals surface area contributed by atoms with Gasteiger partial charge in [0.2, 0.25) is 0 Å². The van der Waals surface area contributed by atoms with Crippen LogP contribution >= 0.6 is 0 Å². The number of hydrogen-bond donors (Lipinski definition) is 0. The average Bonchev–Trinajstić information content (AvgIpc) is 2.90. The van der Waals surface area contributed by atoms with Gasteiger partial charge in [-0.1, -0.05) is 52.4 Å². The van der Waals surface area contributed by atoms with Gasteiger partial charge in [-0.3, -0.25) is 0 Å². The van der Waals surface area contributed by atoms with Crippen LogP contribution in [0.25, 0.3) is 5.78 Å². The zero-order valence-electron chi connectivity index (χ0n) is 12.8. The van der Waals surface area contributed by atoms with Gasteiger partial charge in [-0.25, -0.2) is 9.50 Å². The molecule has 0 atom stereocenters. The van der Waals surface area contributed by atoms with Crippen molar-refractivity contribution < 1.29 is 0 Å². The smallest absolute Gasteiger partial charge is 0.216 e. The molecule has 0 amide bonds. The summed E-state index contributed by atoms with van der Waals surface area (Å²) in [5.41, 5.74) is 2.56. The Labute approximate surface area is 121 Å². The first-order valence-corrected chi connectivity index (χ1v) is 8.03. The van der Waals surface area contributed by atoms with E-state index < -0.39 is 0 Å². The fourth-order valence-corrected chi connectivity index (χ4v) is 2.59. The summed E-state index contributed by atoms with van der Waals surface area (Å²) in [5, 5.41) is 4.19. The van der Waals surface area contributed by atoms with Gasteiger partial charge in [-0.05, 0) is 24.8 Å². The Morgan fingerprint density at radius 3 is 2.55 bits per heavy atom. The maximum absolute atomic E-state index is 4.64. The van der Waals surface area contributed by atoms with Crippen LogP contribution in [0.15, 0.2) is 12.5 Å². The van der Waals surface area contributed by atoms with Gasteiger partial charge >= 0.3 is 0 Å². The Bertz CT molecular complexity index is 518. The van der Waals surface area contributed by atoms with Gasteiger partial charge in [0.25, 0.3) is 5.78 Å². The molecule has 0 bridgehead atoms. The molecule has 0 radical (unpaired) electrons. The summed E-state index contributed by atoms with van der Waals surface area (Å²) in [4.78, 5) is 8.82. The fourth-order valence-electron chi connectivity index (χ4n) is 2.59. The number of unbranched alkanes of at least 4 members (excludes halogenated alkanes) is 5. The summed E-state index contributed by atoms with van der Waals surface area (Å²) in [7, 11) is 0. The van der Waals surface area contributed by atoms with E-state index in [1.54, 1.807) is 10.8 Å². The van der Waals surface area contributed by atoms with Gasteiger partial charge in [-0.2, -0.15) is 10.1 Å². The third kappa shape index (κ3) is 4.02. The van der Waals surface area contributed by atoms with Crippen molar-refractivity contribution >= 4 is 5.78 Å². The van der Waals surface area contributed by atoms with Crippen molar-refractivity contribution in [3.8, 4) is 0 Å². The van der Waals surface area contributed by atoms with E-state index in [0.29, 0.717) is 0 Å². The van der Waals surface area contributed by atoms with E-state index in [1.165, 1.54) is 49.8 Å². The zero-order chi connectivity index (χ0) is 14.2. The maximum atomic E-state index is 4.64. The SMILES string of the molecule is CCCCCCCCc1cn2ncnc2nc1CCC. The Morgan fingerprint density at radius 2 is 1.75 bits per heavy atom. The van der Waals surface area contributed by atoms with E-state index in [-0.39, 0.29) is 0 Å². The highest BCUT2D eigenvalue weighted by Gasteiger charge is 2.07. The second-order valence-electron chi connectivity index (χ2n) is 5.49. The number of aryl methyl sites for hydroxylation is 2. The molecule has 110 valence electrons. The molecule has 0 unspecified atom stereocenters. The Kier molecular flexibility index (Phi) is 5.96. The van der Waals surface area contributed by atoms with Crippen LogP contribution in [-0.4, -0.2) is 19.6 Å². The molecule has 2 rings (SSSR count). The van der Waals surface area contributed by atoms with Gasteiger partial charge < -0.3 is 0 Å². The fraction of sp³-hybridized carbons (Fsp3) is 0.688. The van der Waals surface area contributed by atoms with Crippen molar-refractivity contribution in [1.82, 2.24) is 19.6 Å². The van der Waals surface area contributed by atoms with Crippen molar-refractivity contribution in [3.05, 3.63) is 23.8 Å². The lowest BCUT2D eigenvalue weighted by atomic mass is 10.0. The molecule has 0 saturated heterocycles. The van der Waals surface area contributed by atoms with Gasteiger partial charge in [0.05, 0.1) is 0 Å². The Morgan fingerprint density at radius 1 is 0.950 bits per heavy atom. The monoisotopic (exact) mass is 274 g/mol. The lowest BCUT2D eigenvalue weighted by Gasteiger charge is -2.08. The third-order valence-electron chi connectivity index (χ3n) is 3.72. The molecule has 4 nitrogen and oxygen atoms in total. The van der Waals surface area contributed by atoms with E-state index in [0.717, 1.165) is 25.0 Å². The number of aromatic nitrogens is 4. The predicted molar refractivity (Wildman–Crippen MR) is 81.9 cm³/mol. The number of nitrogens with zero attached hydrogens (tertiary/aromatic N) is 4. The summed E-state index contributed by atoms with van der Waals surface area (Å²) < 4.78 is 1.80. The first-order chi connectivity index (χ1) is 9.85. The summed E-state index contributed by atoms with van der Waals surface area (Å²) in [6, 6.07) is 0. The summed E-state index contributed by atoms with van der Waals surface area (Å²) in [6.45, 7) is 4.46. The van der Waals surface area contributed by atoms with Crippen molar-refractivity contribution in [1.29, 1.82) is 0 Å². The molecule has 0 aliphatic carbocycles. The first-order valence-electron chi connectivity index (χ1n) is 8.03. The van der Waals surface area contributed by atoms with Crippen LogP contribution in [0.3, 0.4) is 0 Å². The minimum atomic E-state index is 0.722. The highest BCUT2D eigenvalue weighted by atomic mass is 15.3. The van der Waals surface area contributed by atoms with Crippen LogP contribution in [0.5, 0.6) is 0 Å². The molecule has 0 aliphatic heterocycles. The highest BCUT2D eigenvalue weighted by Crippen LogP contribution is 2.14. The molecule has 20 heavy (non-hydrogen) atoms. The lowest BCUT2D eigenvalue weighted by molar-refractivity contribution is 0.604. The molecule has 0 N–H and O–H groups in total.